The number of hydrogen-bond acceptors (Lipinski definition) is 5. The van der Waals surface area contributed by atoms with E-state index in [1.165, 1.54) is 0 Å². The van der Waals surface area contributed by atoms with Gasteiger partial charge in [-0.05, 0) is 0 Å². The van der Waals surface area contributed by atoms with E-state index in [2.05, 4.69) is 4.98 Å². The van der Waals surface area contributed by atoms with Crippen LogP contribution < -0.4 is 0 Å². The van der Waals surface area contributed by atoms with Crippen LogP contribution in [0.15, 0.2) is 6.20 Å². The van der Waals surface area contributed by atoms with Gasteiger partial charge in [0, 0.05) is 17.5 Å². The van der Waals surface area contributed by atoms with Gasteiger partial charge in [0.1, 0.15) is 0 Å². The number of hydrogen-bond donors (Lipinski definition) is 5. The van der Waals surface area contributed by atoms with Gasteiger partial charge in [-0.3, -0.25) is 9.13 Å². The number of rotatable bonds is 4. The predicted octanol–water partition coefficient (Wildman–Crippen LogP) is 0.340. The lowest BCUT2D eigenvalue weighted by Gasteiger charge is -2.28. The van der Waals surface area contributed by atoms with Crippen LogP contribution in [0.4, 0.5) is 0 Å². The van der Waals surface area contributed by atoms with Crippen LogP contribution in [0, 0.1) is 0 Å². The highest BCUT2D eigenvalue weighted by molar-refractivity contribution is 7.72. The van der Waals surface area contributed by atoms with Crippen LogP contribution in [0.3, 0.4) is 0 Å². The van der Waals surface area contributed by atoms with E-state index in [0.29, 0.717) is 0 Å². The molecule has 17 heavy (non-hydrogen) atoms. The molecule has 0 radical (unpaired) electrons. The Morgan fingerprint density at radius 2 is 1.76 bits per heavy atom. The zero-order valence-corrected chi connectivity index (χ0v) is 11.3. The fourth-order valence-corrected chi connectivity index (χ4v) is 4.35. The van der Waals surface area contributed by atoms with Crippen molar-refractivity contribution in [3.63, 3.8) is 0 Å². The number of thiazole rings is 1. The van der Waals surface area contributed by atoms with Crippen molar-refractivity contribution in [1.29, 1.82) is 0 Å². The van der Waals surface area contributed by atoms with E-state index in [-0.39, 0.29) is 9.34 Å². The molecule has 1 aromatic heterocycles. The molecular formula is C5H8ClNO7P2S. The highest BCUT2D eigenvalue weighted by Gasteiger charge is 2.59. The maximum Gasteiger partial charge on any atom is 0.369 e. The molecule has 0 amide bonds. The summed E-state index contributed by atoms with van der Waals surface area (Å²) in [7, 11) is -10.9. The molecule has 1 heterocycles. The van der Waals surface area contributed by atoms with E-state index in [9.17, 15) is 14.2 Å². The van der Waals surface area contributed by atoms with Crippen molar-refractivity contribution in [2.24, 2.45) is 0 Å². The Bertz CT molecular complexity index is 484. The van der Waals surface area contributed by atoms with E-state index in [1.54, 1.807) is 0 Å². The second-order valence-corrected chi connectivity index (χ2v) is 8.82. The van der Waals surface area contributed by atoms with Gasteiger partial charge in [-0.2, -0.15) is 0 Å². The van der Waals surface area contributed by atoms with Crippen LogP contribution in [-0.4, -0.2) is 34.7 Å². The van der Waals surface area contributed by atoms with Crippen LogP contribution in [0.5, 0.6) is 0 Å². The summed E-state index contributed by atoms with van der Waals surface area (Å²) < 4.78 is 22.1. The molecule has 5 N–H and O–H groups in total. The molecular weight excluding hydrogens is 316 g/mol. The number of nitrogens with zero attached hydrogens (tertiary/aromatic N) is 1. The molecule has 0 aromatic carbocycles. The molecule has 12 heteroatoms. The van der Waals surface area contributed by atoms with Gasteiger partial charge in [-0.1, -0.05) is 11.6 Å². The average Bonchev–Trinajstić information content (AvgIpc) is 2.47. The molecule has 0 spiro atoms. The Morgan fingerprint density at radius 3 is 2.06 bits per heavy atom. The number of aliphatic hydroxyl groups is 1. The Morgan fingerprint density at radius 1 is 1.29 bits per heavy atom. The minimum absolute atomic E-state index is 0.0266. The first-order valence-electron chi connectivity index (χ1n) is 3.91. The lowest BCUT2D eigenvalue weighted by atomic mass is 10.4. The second kappa shape index (κ2) is 4.70. The summed E-state index contributed by atoms with van der Waals surface area (Å²) in [6, 6.07) is 0. The third-order valence-corrected chi connectivity index (χ3v) is 6.73. The van der Waals surface area contributed by atoms with E-state index in [1.807, 2.05) is 0 Å². The summed E-state index contributed by atoms with van der Waals surface area (Å²) in [5.74, 6) is 0. The van der Waals surface area contributed by atoms with Crippen molar-refractivity contribution in [2.45, 2.75) is 11.5 Å². The zero-order chi connectivity index (χ0) is 13.5. The Kier molecular flexibility index (Phi) is 4.21. The monoisotopic (exact) mass is 323 g/mol. The standard InChI is InChI=1S/C5H8ClNO7P2S/c6-4-7-2-3(17-4)1-5(8,15(9,10)11)16(12,13)14/h2,8H,1H2,(H2,9,10,11)(H2,12,13,14). The first kappa shape index (κ1) is 15.2. The average molecular weight is 324 g/mol. The molecule has 8 nitrogen and oxygen atoms in total. The summed E-state index contributed by atoms with van der Waals surface area (Å²) in [6.45, 7) is 0. The van der Waals surface area contributed by atoms with E-state index < -0.39 is 26.7 Å². The van der Waals surface area contributed by atoms with Gasteiger partial charge >= 0.3 is 15.2 Å². The number of aromatic nitrogens is 1. The maximum atomic E-state index is 11.0. The lowest BCUT2D eigenvalue weighted by molar-refractivity contribution is 0.131. The van der Waals surface area contributed by atoms with Crippen molar-refractivity contribution in [3.8, 4) is 0 Å². The summed E-state index contributed by atoms with van der Waals surface area (Å²) in [6.07, 6.45) is 0.134. The van der Waals surface area contributed by atoms with Crippen molar-refractivity contribution >= 4 is 38.1 Å². The first-order valence-corrected chi connectivity index (χ1v) is 8.33. The zero-order valence-electron chi connectivity index (χ0n) is 7.96. The molecule has 1 rings (SSSR count). The molecule has 0 aliphatic rings. The van der Waals surface area contributed by atoms with Gasteiger partial charge in [0.05, 0.1) is 0 Å². The quantitative estimate of drug-likeness (QED) is 0.498. The van der Waals surface area contributed by atoms with E-state index in [4.69, 9.17) is 31.2 Å². The minimum atomic E-state index is -5.44. The second-order valence-electron chi connectivity index (χ2n) is 3.12. The van der Waals surface area contributed by atoms with Crippen LogP contribution in [-0.2, 0) is 15.6 Å². The normalized spacial score (nSPS) is 14.0. The topological polar surface area (TPSA) is 148 Å². The van der Waals surface area contributed by atoms with Crippen LogP contribution >= 0.6 is 38.1 Å². The largest absolute Gasteiger partial charge is 0.369 e. The number of halogens is 1. The highest BCUT2D eigenvalue weighted by Crippen LogP contribution is 2.68. The van der Waals surface area contributed by atoms with Crippen LogP contribution in [0.2, 0.25) is 4.47 Å². The summed E-state index contributed by atoms with van der Waals surface area (Å²) in [5, 5.41) is 6.09. The van der Waals surface area contributed by atoms with Crippen LogP contribution in [0.25, 0.3) is 0 Å². The van der Waals surface area contributed by atoms with Crippen molar-refractivity contribution in [1.82, 2.24) is 4.98 Å². The molecule has 0 bridgehead atoms. The van der Waals surface area contributed by atoms with Crippen molar-refractivity contribution in [3.05, 3.63) is 15.5 Å². The van der Waals surface area contributed by atoms with Gasteiger partial charge in [-0.15, -0.1) is 11.3 Å². The Hall–Kier alpha value is 0.180. The van der Waals surface area contributed by atoms with Gasteiger partial charge in [0.2, 0.25) is 0 Å². The fourth-order valence-electron chi connectivity index (χ4n) is 0.975. The van der Waals surface area contributed by atoms with E-state index >= 15 is 0 Å². The van der Waals surface area contributed by atoms with Crippen molar-refractivity contribution < 1.29 is 33.8 Å². The molecule has 0 saturated carbocycles. The molecule has 98 valence electrons. The van der Waals surface area contributed by atoms with Gasteiger partial charge in [0.25, 0.3) is 5.08 Å². The summed E-state index contributed by atoms with van der Waals surface area (Å²) in [4.78, 5) is 39.0. The molecule has 1 aromatic rings. The summed E-state index contributed by atoms with van der Waals surface area (Å²) in [5.41, 5.74) is 0. The predicted molar refractivity (Wildman–Crippen MR) is 59.9 cm³/mol. The Balaban J connectivity index is 3.19. The molecule has 0 aliphatic carbocycles. The molecule has 0 fully saturated rings. The smallest absolute Gasteiger partial charge is 0.367 e. The van der Waals surface area contributed by atoms with Gasteiger partial charge < -0.3 is 24.7 Å². The summed E-state index contributed by atoms with van der Waals surface area (Å²) >= 11 is 6.21. The fraction of sp³-hybridized carbons (Fsp3) is 0.400. The maximum absolute atomic E-state index is 11.0. The van der Waals surface area contributed by atoms with Gasteiger partial charge in [-0.25, -0.2) is 4.98 Å². The van der Waals surface area contributed by atoms with Gasteiger partial charge in [0.15, 0.2) is 4.47 Å². The Labute approximate surface area is 104 Å². The SMILES string of the molecule is O=P(O)(O)C(O)(Cc1cnc(Cl)s1)P(=O)(O)O. The third kappa shape index (κ3) is 3.14. The lowest BCUT2D eigenvalue weighted by Crippen LogP contribution is -2.31. The van der Waals surface area contributed by atoms with Crippen molar-refractivity contribution in [2.75, 3.05) is 0 Å². The van der Waals surface area contributed by atoms with Crippen LogP contribution in [0.1, 0.15) is 4.88 Å². The molecule has 0 saturated heterocycles. The molecule has 0 atom stereocenters. The first-order chi connectivity index (χ1) is 7.47. The highest BCUT2D eigenvalue weighted by atomic mass is 35.5. The third-order valence-electron chi connectivity index (χ3n) is 1.87. The minimum Gasteiger partial charge on any atom is -0.367 e. The molecule has 0 unspecified atom stereocenters. The molecule has 0 aliphatic heterocycles. The van der Waals surface area contributed by atoms with E-state index in [0.717, 1.165) is 17.5 Å².